The van der Waals surface area contributed by atoms with Crippen LogP contribution in [-0.4, -0.2) is 13.2 Å². The van der Waals surface area contributed by atoms with Crippen molar-refractivity contribution in [1.29, 1.82) is 0 Å². The number of rotatable bonds is 4. The fraction of sp³-hybridized carbons (Fsp3) is 0.667. The van der Waals surface area contributed by atoms with Crippen molar-refractivity contribution < 1.29 is 9.47 Å². The highest BCUT2D eigenvalue weighted by Gasteiger charge is 2.61. The van der Waals surface area contributed by atoms with Crippen LogP contribution in [0.3, 0.4) is 0 Å². The Morgan fingerprint density at radius 1 is 1.29 bits per heavy atom. The van der Waals surface area contributed by atoms with Crippen LogP contribution in [-0.2, 0) is 11.3 Å². The van der Waals surface area contributed by atoms with E-state index in [1.54, 1.807) is 7.11 Å². The van der Waals surface area contributed by atoms with Crippen molar-refractivity contribution >= 4 is 5.69 Å². The van der Waals surface area contributed by atoms with Crippen LogP contribution < -0.4 is 10.5 Å². The van der Waals surface area contributed by atoms with Gasteiger partial charge in [-0.25, -0.2) is 0 Å². The third-order valence-electron chi connectivity index (χ3n) is 6.46. The molecule has 3 rings (SSSR count). The van der Waals surface area contributed by atoms with Gasteiger partial charge in [-0.15, -0.1) is 0 Å². The van der Waals surface area contributed by atoms with Crippen LogP contribution in [0.1, 0.15) is 45.6 Å². The zero-order valence-electron chi connectivity index (χ0n) is 13.6. The molecule has 1 aromatic carbocycles. The monoisotopic (exact) mass is 289 g/mol. The van der Waals surface area contributed by atoms with E-state index in [1.165, 1.54) is 19.3 Å². The van der Waals surface area contributed by atoms with Gasteiger partial charge in [0.2, 0.25) is 0 Å². The number of nitrogens with two attached hydrogens (primary N) is 1. The van der Waals surface area contributed by atoms with Gasteiger partial charge in [-0.3, -0.25) is 0 Å². The van der Waals surface area contributed by atoms with E-state index in [4.69, 9.17) is 15.2 Å². The topological polar surface area (TPSA) is 44.5 Å². The summed E-state index contributed by atoms with van der Waals surface area (Å²) in [5, 5.41) is 0. The average molecular weight is 289 g/mol. The van der Waals surface area contributed by atoms with Crippen LogP contribution in [0.25, 0.3) is 0 Å². The van der Waals surface area contributed by atoms with Crippen molar-refractivity contribution in [2.75, 3.05) is 12.8 Å². The van der Waals surface area contributed by atoms with Crippen LogP contribution in [0.4, 0.5) is 5.69 Å². The summed E-state index contributed by atoms with van der Waals surface area (Å²) in [6, 6.07) is 5.74. The van der Waals surface area contributed by atoms with Gasteiger partial charge in [0.05, 0.1) is 19.8 Å². The number of hydrogen-bond acceptors (Lipinski definition) is 3. The molecule has 3 atom stereocenters. The fourth-order valence-electron chi connectivity index (χ4n) is 4.48. The predicted molar refractivity (Wildman–Crippen MR) is 85.2 cm³/mol. The minimum absolute atomic E-state index is 0.297. The Bertz CT molecular complexity index is 540. The molecule has 0 heterocycles. The van der Waals surface area contributed by atoms with Crippen LogP contribution >= 0.6 is 0 Å². The van der Waals surface area contributed by atoms with Crippen molar-refractivity contribution in [2.24, 2.45) is 16.7 Å². The molecule has 0 aromatic heterocycles. The van der Waals surface area contributed by atoms with E-state index >= 15 is 0 Å². The zero-order valence-corrected chi connectivity index (χ0v) is 13.6. The lowest BCUT2D eigenvalue weighted by molar-refractivity contribution is -0.0554. The standard InChI is InChI=1S/C18H27NO2/c1-17(2)13-7-8-18(17,3)16(10-13)21-11-12-9-14(19)5-6-15(12)20-4/h5-6,9,13,16H,7-8,10-11,19H2,1-4H3. The van der Waals surface area contributed by atoms with Gasteiger partial charge in [0, 0.05) is 11.3 Å². The lowest BCUT2D eigenvalue weighted by Crippen LogP contribution is -2.37. The summed E-state index contributed by atoms with van der Waals surface area (Å²) in [6.45, 7) is 7.81. The van der Waals surface area contributed by atoms with Crippen molar-refractivity contribution in [1.82, 2.24) is 0 Å². The minimum Gasteiger partial charge on any atom is -0.496 e. The second-order valence-corrected chi connectivity index (χ2v) is 7.48. The maximum atomic E-state index is 6.32. The maximum Gasteiger partial charge on any atom is 0.124 e. The molecule has 2 bridgehead atoms. The normalized spacial score (nSPS) is 33.3. The third kappa shape index (κ3) is 2.13. The number of fused-ring (bicyclic) bond motifs is 2. The Morgan fingerprint density at radius 3 is 2.62 bits per heavy atom. The molecule has 0 amide bonds. The number of hydrogen-bond donors (Lipinski definition) is 1. The molecule has 3 unspecified atom stereocenters. The molecule has 21 heavy (non-hydrogen) atoms. The van der Waals surface area contributed by atoms with Crippen molar-refractivity contribution in [2.45, 2.75) is 52.7 Å². The largest absolute Gasteiger partial charge is 0.496 e. The second kappa shape index (κ2) is 4.91. The molecule has 2 fully saturated rings. The quantitative estimate of drug-likeness (QED) is 0.852. The lowest BCUT2D eigenvalue weighted by atomic mass is 9.70. The molecular formula is C18H27NO2. The number of anilines is 1. The first-order valence-corrected chi connectivity index (χ1v) is 7.92. The van der Waals surface area contributed by atoms with Crippen LogP contribution in [0.5, 0.6) is 5.75 Å². The van der Waals surface area contributed by atoms with Crippen molar-refractivity contribution in [3.05, 3.63) is 23.8 Å². The van der Waals surface area contributed by atoms with E-state index < -0.39 is 0 Å². The molecule has 2 N–H and O–H groups in total. The molecule has 0 spiro atoms. The third-order valence-corrected chi connectivity index (χ3v) is 6.46. The van der Waals surface area contributed by atoms with Crippen LogP contribution in [0, 0.1) is 16.7 Å². The van der Waals surface area contributed by atoms with Crippen LogP contribution in [0.15, 0.2) is 18.2 Å². The lowest BCUT2D eigenvalue weighted by Gasteiger charge is -2.39. The number of ether oxygens (including phenoxy) is 2. The number of nitrogen functional groups attached to an aromatic ring is 1. The van der Waals surface area contributed by atoms with Crippen molar-refractivity contribution in [3.8, 4) is 5.75 Å². The van der Waals surface area contributed by atoms with E-state index in [0.717, 1.165) is 22.9 Å². The molecule has 0 aliphatic heterocycles. The number of methoxy groups -OCH3 is 1. The fourth-order valence-corrected chi connectivity index (χ4v) is 4.48. The summed E-state index contributed by atoms with van der Waals surface area (Å²) < 4.78 is 11.7. The Labute approximate surface area is 127 Å². The Kier molecular flexibility index (Phi) is 3.44. The summed E-state index contributed by atoms with van der Waals surface area (Å²) in [7, 11) is 1.69. The van der Waals surface area contributed by atoms with E-state index in [9.17, 15) is 0 Å². The average Bonchev–Trinajstić information content (AvgIpc) is 2.78. The summed E-state index contributed by atoms with van der Waals surface area (Å²) in [4.78, 5) is 0. The molecular weight excluding hydrogens is 262 g/mol. The first kappa shape index (κ1) is 14.7. The second-order valence-electron chi connectivity index (χ2n) is 7.48. The zero-order chi connectivity index (χ0) is 15.3. The van der Waals surface area contributed by atoms with Gasteiger partial charge in [-0.1, -0.05) is 20.8 Å². The molecule has 2 aliphatic carbocycles. The van der Waals surface area contributed by atoms with Crippen LogP contribution in [0.2, 0.25) is 0 Å². The first-order chi connectivity index (χ1) is 9.88. The molecule has 3 heteroatoms. The van der Waals surface area contributed by atoms with Gasteiger partial charge in [-0.2, -0.15) is 0 Å². The predicted octanol–water partition coefficient (Wildman–Crippen LogP) is 4.01. The molecule has 2 aliphatic rings. The van der Waals surface area contributed by atoms with Crippen molar-refractivity contribution in [3.63, 3.8) is 0 Å². The van der Waals surface area contributed by atoms with Gasteiger partial charge in [-0.05, 0) is 54.2 Å². The van der Waals surface area contributed by atoms with E-state index in [2.05, 4.69) is 20.8 Å². The van der Waals surface area contributed by atoms with Gasteiger partial charge >= 0.3 is 0 Å². The van der Waals surface area contributed by atoms with Gasteiger partial charge in [0.15, 0.2) is 0 Å². The maximum absolute atomic E-state index is 6.32. The smallest absolute Gasteiger partial charge is 0.124 e. The molecule has 2 saturated carbocycles. The highest BCUT2D eigenvalue weighted by molar-refractivity contribution is 5.47. The minimum atomic E-state index is 0.297. The number of benzene rings is 1. The van der Waals surface area contributed by atoms with Gasteiger partial charge in [0.1, 0.15) is 5.75 Å². The molecule has 116 valence electrons. The van der Waals surface area contributed by atoms with Gasteiger partial charge < -0.3 is 15.2 Å². The van der Waals surface area contributed by atoms with E-state index in [1.807, 2.05) is 18.2 Å². The molecule has 0 radical (unpaired) electrons. The first-order valence-electron chi connectivity index (χ1n) is 7.92. The molecule has 0 saturated heterocycles. The summed E-state index contributed by atoms with van der Waals surface area (Å²) in [5.74, 6) is 1.66. The highest BCUT2D eigenvalue weighted by atomic mass is 16.5. The Morgan fingerprint density at radius 2 is 2.05 bits per heavy atom. The molecule has 3 nitrogen and oxygen atoms in total. The Hall–Kier alpha value is -1.22. The van der Waals surface area contributed by atoms with E-state index in [0.29, 0.717) is 23.5 Å². The van der Waals surface area contributed by atoms with Gasteiger partial charge in [0.25, 0.3) is 0 Å². The summed E-state index contributed by atoms with van der Waals surface area (Å²) in [6.07, 6.45) is 4.17. The summed E-state index contributed by atoms with van der Waals surface area (Å²) in [5.41, 5.74) is 8.37. The SMILES string of the molecule is COc1ccc(N)cc1COC1CC2CCC1(C)C2(C)C. The summed E-state index contributed by atoms with van der Waals surface area (Å²) >= 11 is 0. The highest BCUT2D eigenvalue weighted by Crippen LogP contribution is 2.66. The van der Waals surface area contributed by atoms with E-state index in [-0.39, 0.29) is 0 Å². The molecule has 1 aromatic rings. The Balaban J connectivity index is 1.74.